The van der Waals surface area contributed by atoms with Crippen LogP contribution in [0.2, 0.25) is 0 Å². The minimum Gasteiger partial charge on any atom is -0.397 e. The van der Waals surface area contributed by atoms with Gasteiger partial charge in [0.1, 0.15) is 5.82 Å². The van der Waals surface area contributed by atoms with E-state index in [9.17, 15) is 9.18 Å². The molecule has 19 heavy (non-hydrogen) atoms. The van der Waals surface area contributed by atoms with Gasteiger partial charge in [-0.2, -0.15) is 0 Å². The van der Waals surface area contributed by atoms with E-state index in [1.165, 1.54) is 18.2 Å². The van der Waals surface area contributed by atoms with Crippen molar-refractivity contribution < 1.29 is 9.18 Å². The molecule has 0 aromatic heterocycles. The summed E-state index contributed by atoms with van der Waals surface area (Å²) in [6, 6.07) is 9.22. The largest absolute Gasteiger partial charge is 0.397 e. The number of hydrogen-bond acceptors (Lipinski definition) is 2. The highest BCUT2D eigenvalue weighted by atomic mass is 79.9. The van der Waals surface area contributed by atoms with E-state index in [4.69, 9.17) is 5.73 Å². The molecule has 0 atom stereocenters. The van der Waals surface area contributed by atoms with Gasteiger partial charge in [0.2, 0.25) is 0 Å². The minimum absolute atomic E-state index is 0.0447. The van der Waals surface area contributed by atoms with E-state index in [2.05, 4.69) is 37.2 Å². The molecule has 0 spiro atoms. The Morgan fingerprint density at radius 1 is 1.11 bits per heavy atom. The van der Waals surface area contributed by atoms with Crippen LogP contribution in [0.15, 0.2) is 45.3 Å². The lowest BCUT2D eigenvalue weighted by Gasteiger charge is -2.09. The number of anilines is 2. The zero-order valence-electron chi connectivity index (χ0n) is 9.58. The summed E-state index contributed by atoms with van der Waals surface area (Å²) in [5.74, 6) is -1.13. The molecule has 6 heteroatoms. The van der Waals surface area contributed by atoms with E-state index in [1.807, 2.05) is 0 Å². The molecule has 0 aliphatic rings. The smallest absolute Gasteiger partial charge is 0.258 e. The van der Waals surface area contributed by atoms with Crippen LogP contribution >= 0.6 is 31.9 Å². The Morgan fingerprint density at radius 2 is 1.74 bits per heavy atom. The van der Waals surface area contributed by atoms with Crippen molar-refractivity contribution in [1.29, 1.82) is 0 Å². The van der Waals surface area contributed by atoms with Gasteiger partial charge in [0.25, 0.3) is 5.91 Å². The fraction of sp³-hybridized carbons (Fsp3) is 0. The number of hydrogen-bond donors (Lipinski definition) is 2. The van der Waals surface area contributed by atoms with Gasteiger partial charge in [-0.3, -0.25) is 4.79 Å². The van der Waals surface area contributed by atoms with Gasteiger partial charge in [0, 0.05) is 8.95 Å². The van der Waals surface area contributed by atoms with Gasteiger partial charge < -0.3 is 11.1 Å². The van der Waals surface area contributed by atoms with Crippen molar-refractivity contribution >= 4 is 49.1 Å². The quantitative estimate of drug-likeness (QED) is 0.759. The molecule has 3 nitrogen and oxygen atoms in total. The van der Waals surface area contributed by atoms with Crippen LogP contribution in [0.25, 0.3) is 0 Å². The molecule has 0 radical (unpaired) electrons. The van der Waals surface area contributed by atoms with E-state index < -0.39 is 11.7 Å². The summed E-state index contributed by atoms with van der Waals surface area (Å²) < 4.78 is 15.0. The molecule has 0 bridgehead atoms. The molecule has 3 N–H and O–H groups in total. The third-order valence-corrected chi connectivity index (χ3v) is 3.42. The van der Waals surface area contributed by atoms with E-state index in [1.54, 1.807) is 18.2 Å². The van der Waals surface area contributed by atoms with E-state index in [0.29, 0.717) is 15.8 Å². The molecule has 1 amide bonds. The van der Waals surface area contributed by atoms with Crippen LogP contribution in [0, 0.1) is 5.82 Å². The monoisotopic (exact) mass is 386 g/mol. The highest BCUT2D eigenvalue weighted by molar-refractivity contribution is 9.10. The summed E-state index contributed by atoms with van der Waals surface area (Å²) >= 11 is 6.47. The topological polar surface area (TPSA) is 55.1 Å². The van der Waals surface area contributed by atoms with E-state index in [-0.39, 0.29) is 5.56 Å². The molecule has 0 aliphatic heterocycles. The van der Waals surface area contributed by atoms with Crippen molar-refractivity contribution in [1.82, 2.24) is 0 Å². The summed E-state index contributed by atoms with van der Waals surface area (Å²) in [4.78, 5) is 12.0. The van der Waals surface area contributed by atoms with Gasteiger partial charge in [-0.25, -0.2) is 4.39 Å². The van der Waals surface area contributed by atoms with Gasteiger partial charge in [0.15, 0.2) is 0 Å². The van der Waals surface area contributed by atoms with Crippen molar-refractivity contribution in [2.75, 3.05) is 11.1 Å². The van der Waals surface area contributed by atoms with Gasteiger partial charge in [0.05, 0.1) is 16.9 Å². The van der Waals surface area contributed by atoms with Crippen molar-refractivity contribution in [2.45, 2.75) is 0 Å². The molecule has 2 aromatic carbocycles. The molecule has 0 saturated carbocycles. The lowest BCUT2D eigenvalue weighted by molar-refractivity contribution is 0.102. The summed E-state index contributed by atoms with van der Waals surface area (Å²) in [6.07, 6.45) is 0. The maximum atomic E-state index is 13.6. The number of nitrogens with one attached hydrogen (secondary N) is 1. The number of rotatable bonds is 2. The molecule has 0 aliphatic carbocycles. The Morgan fingerprint density at radius 3 is 2.42 bits per heavy atom. The van der Waals surface area contributed by atoms with Gasteiger partial charge >= 0.3 is 0 Å². The summed E-state index contributed by atoms with van der Waals surface area (Å²) in [7, 11) is 0. The first kappa shape index (κ1) is 14.0. The van der Waals surface area contributed by atoms with E-state index >= 15 is 0 Å². The average Bonchev–Trinajstić information content (AvgIpc) is 2.35. The minimum atomic E-state index is -0.587. The third-order valence-electron chi connectivity index (χ3n) is 2.43. The van der Waals surface area contributed by atoms with Crippen molar-refractivity contribution in [3.63, 3.8) is 0 Å². The second kappa shape index (κ2) is 5.71. The molecule has 98 valence electrons. The maximum absolute atomic E-state index is 13.6. The van der Waals surface area contributed by atoms with Gasteiger partial charge in [-0.1, -0.05) is 31.9 Å². The Bertz CT molecular complexity index is 647. The Hall–Kier alpha value is -1.40. The van der Waals surface area contributed by atoms with Crippen LogP contribution in [0.5, 0.6) is 0 Å². The third kappa shape index (κ3) is 3.33. The zero-order chi connectivity index (χ0) is 14.0. The average molecular weight is 388 g/mol. The van der Waals surface area contributed by atoms with Crippen molar-refractivity contribution in [3.8, 4) is 0 Å². The van der Waals surface area contributed by atoms with Crippen molar-refractivity contribution in [3.05, 3.63) is 56.7 Å². The second-order valence-electron chi connectivity index (χ2n) is 3.81. The van der Waals surface area contributed by atoms with E-state index in [0.717, 1.165) is 4.47 Å². The molecular weight excluding hydrogens is 379 g/mol. The van der Waals surface area contributed by atoms with Gasteiger partial charge in [-0.15, -0.1) is 0 Å². The second-order valence-corrected chi connectivity index (χ2v) is 5.64. The number of carbonyl (C=O) groups is 1. The SMILES string of the molecule is Nc1cc(Br)ccc1NC(=O)c1cc(Br)ccc1F. The Balaban J connectivity index is 2.28. The molecule has 0 saturated heterocycles. The van der Waals surface area contributed by atoms with Crippen LogP contribution in [0.1, 0.15) is 10.4 Å². The van der Waals surface area contributed by atoms with Crippen LogP contribution in [-0.2, 0) is 0 Å². The lowest BCUT2D eigenvalue weighted by atomic mass is 10.2. The Kier molecular flexibility index (Phi) is 4.21. The highest BCUT2D eigenvalue weighted by Crippen LogP contribution is 2.24. The van der Waals surface area contributed by atoms with Crippen LogP contribution in [0.3, 0.4) is 0 Å². The number of benzene rings is 2. The summed E-state index contributed by atoms with van der Waals surface area (Å²) in [5, 5.41) is 2.58. The molecule has 0 fully saturated rings. The summed E-state index contributed by atoms with van der Waals surface area (Å²) in [5.41, 5.74) is 6.56. The first-order valence-electron chi connectivity index (χ1n) is 5.29. The number of halogens is 3. The van der Waals surface area contributed by atoms with Crippen LogP contribution in [0.4, 0.5) is 15.8 Å². The standard InChI is InChI=1S/C13H9Br2FN2O/c14-7-1-3-10(16)9(5-7)13(19)18-12-4-2-8(15)6-11(12)17/h1-6H,17H2,(H,18,19). The number of nitrogens with two attached hydrogens (primary N) is 1. The molecule has 0 unspecified atom stereocenters. The van der Waals surface area contributed by atoms with Crippen LogP contribution < -0.4 is 11.1 Å². The highest BCUT2D eigenvalue weighted by Gasteiger charge is 2.13. The van der Waals surface area contributed by atoms with Crippen molar-refractivity contribution in [2.24, 2.45) is 0 Å². The molecule has 2 aromatic rings. The Labute approximate surface area is 126 Å². The zero-order valence-corrected chi connectivity index (χ0v) is 12.8. The molecule has 2 rings (SSSR count). The maximum Gasteiger partial charge on any atom is 0.258 e. The fourth-order valence-corrected chi connectivity index (χ4v) is 2.25. The lowest BCUT2D eigenvalue weighted by Crippen LogP contribution is -2.14. The molecular formula is C13H9Br2FN2O. The molecule has 0 heterocycles. The number of amides is 1. The first-order chi connectivity index (χ1) is 8.97. The number of nitrogen functional groups attached to an aromatic ring is 1. The predicted molar refractivity (Wildman–Crippen MR) is 80.6 cm³/mol. The summed E-state index contributed by atoms with van der Waals surface area (Å²) in [6.45, 7) is 0. The normalized spacial score (nSPS) is 10.3. The van der Waals surface area contributed by atoms with Crippen LogP contribution in [-0.4, -0.2) is 5.91 Å². The first-order valence-corrected chi connectivity index (χ1v) is 6.87. The van der Waals surface area contributed by atoms with Gasteiger partial charge in [-0.05, 0) is 36.4 Å². The fourth-order valence-electron chi connectivity index (χ4n) is 1.51. The predicted octanol–water partition coefficient (Wildman–Crippen LogP) is 4.19. The number of carbonyl (C=O) groups excluding carboxylic acids is 1.